The topological polar surface area (TPSA) is 20.2 Å². The number of benzene rings is 1. The van der Waals surface area contributed by atoms with Gasteiger partial charge in [0.25, 0.3) is 0 Å². The number of aryl methyl sites for hydroxylation is 2. The predicted molar refractivity (Wildman–Crippen MR) is 63.1 cm³/mol. The molecule has 1 nitrogen and oxygen atoms in total. The molecule has 0 saturated heterocycles. The van der Waals surface area contributed by atoms with Crippen molar-refractivity contribution in [2.45, 2.75) is 51.6 Å². The summed E-state index contributed by atoms with van der Waals surface area (Å²) in [6, 6.07) is 6.56. The summed E-state index contributed by atoms with van der Waals surface area (Å²) >= 11 is 0. The molecule has 1 aliphatic rings. The Morgan fingerprint density at radius 2 is 1.87 bits per heavy atom. The maximum absolute atomic E-state index is 10.0. The first-order valence-electron chi connectivity index (χ1n) is 5.93. The molecule has 2 atom stereocenters. The minimum atomic E-state index is -0.126. The molecule has 15 heavy (non-hydrogen) atoms. The summed E-state index contributed by atoms with van der Waals surface area (Å²) in [4.78, 5) is 0. The Bertz CT molecular complexity index is 343. The number of rotatable bonds is 1. The quantitative estimate of drug-likeness (QED) is 0.744. The van der Waals surface area contributed by atoms with Crippen LogP contribution in [0.4, 0.5) is 0 Å². The summed E-state index contributed by atoms with van der Waals surface area (Å²) in [5, 5.41) is 10.0. The first-order valence-corrected chi connectivity index (χ1v) is 5.93. The number of aliphatic hydroxyl groups excluding tert-OH is 1. The van der Waals surface area contributed by atoms with Gasteiger partial charge in [0, 0.05) is 5.92 Å². The molecule has 0 unspecified atom stereocenters. The van der Waals surface area contributed by atoms with Crippen molar-refractivity contribution in [3.8, 4) is 0 Å². The first kappa shape index (κ1) is 10.7. The van der Waals surface area contributed by atoms with Gasteiger partial charge in [0.2, 0.25) is 0 Å². The lowest BCUT2D eigenvalue weighted by Crippen LogP contribution is -2.23. The summed E-state index contributed by atoms with van der Waals surface area (Å²) < 4.78 is 0. The van der Waals surface area contributed by atoms with Crippen molar-refractivity contribution in [3.63, 3.8) is 0 Å². The fourth-order valence-corrected chi connectivity index (χ4v) is 2.63. The third kappa shape index (κ3) is 2.23. The van der Waals surface area contributed by atoms with Gasteiger partial charge in [-0.2, -0.15) is 0 Å². The zero-order valence-electron chi connectivity index (χ0n) is 9.66. The molecule has 0 aliphatic heterocycles. The van der Waals surface area contributed by atoms with Crippen LogP contribution in [0.1, 0.15) is 48.3 Å². The molecule has 0 spiro atoms. The van der Waals surface area contributed by atoms with Gasteiger partial charge in [-0.25, -0.2) is 0 Å². The van der Waals surface area contributed by atoms with Crippen LogP contribution in [0.25, 0.3) is 0 Å². The molecule has 1 fully saturated rings. The Kier molecular flexibility index (Phi) is 3.11. The molecule has 1 saturated carbocycles. The number of hydrogen-bond acceptors (Lipinski definition) is 1. The van der Waals surface area contributed by atoms with Gasteiger partial charge in [-0.1, -0.05) is 36.6 Å². The Labute approximate surface area is 92.1 Å². The van der Waals surface area contributed by atoms with Crippen LogP contribution in [0.2, 0.25) is 0 Å². The summed E-state index contributed by atoms with van der Waals surface area (Å²) in [7, 11) is 0. The second-order valence-corrected chi connectivity index (χ2v) is 4.82. The predicted octanol–water partition coefficient (Wildman–Crippen LogP) is 3.32. The monoisotopic (exact) mass is 204 g/mol. The molecule has 1 N–H and O–H groups in total. The molecular weight excluding hydrogens is 184 g/mol. The highest BCUT2D eigenvalue weighted by molar-refractivity contribution is 5.34. The summed E-state index contributed by atoms with van der Waals surface area (Å²) in [5.74, 6) is 0.374. The van der Waals surface area contributed by atoms with E-state index >= 15 is 0 Å². The third-order valence-corrected chi connectivity index (χ3v) is 3.56. The van der Waals surface area contributed by atoms with Crippen molar-refractivity contribution in [1.29, 1.82) is 0 Å². The zero-order valence-corrected chi connectivity index (χ0v) is 9.66. The maximum atomic E-state index is 10.0. The van der Waals surface area contributed by atoms with Crippen molar-refractivity contribution >= 4 is 0 Å². The molecule has 2 rings (SSSR count). The summed E-state index contributed by atoms with van der Waals surface area (Å²) in [6.07, 6.45) is 4.43. The largest absolute Gasteiger partial charge is 0.392 e. The molecule has 1 aromatic rings. The van der Waals surface area contributed by atoms with E-state index in [-0.39, 0.29) is 6.10 Å². The van der Waals surface area contributed by atoms with E-state index < -0.39 is 0 Å². The van der Waals surface area contributed by atoms with Crippen LogP contribution in [0.5, 0.6) is 0 Å². The molecule has 0 heterocycles. The average Bonchev–Trinajstić information content (AvgIpc) is 2.23. The van der Waals surface area contributed by atoms with Crippen molar-refractivity contribution in [1.82, 2.24) is 0 Å². The third-order valence-electron chi connectivity index (χ3n) is 3.56. The molecule has 0 bridgehead atoms. The van der Waals surface area contributed by atoms with Gasteiger partial charge in [0.15, 0.2) is 0 Å². The minimum Gasteiger partial charge on any atom is -0.392 e. The van der Waals surface area contributed by atoms with Crippen LogP contribution in [-0.4, -0.2) is 11.2 Å². The van der Waals surface area contributed by atoms with E-state index in [1.165, 1.54) is 29.5 Å². The van der Waals surface area contributed by atoms with Crippen molar-refractivity contribution in [2.75, 3.05) is 0 Å². The number of hydrogen-bond donors (Lipinski definition) is 1. The van der Waals surface area contributed by atoms with Gasteiger partial charge >= 0.3 is 0 Å². The Hall–Kier alpha value is -0.820. The lowest BCUT2D eigenvalue weighted by Gasteiger charge is -2.29. The summed E-state index contributed by atoms with van der Waals surface area (Å²) in [5.41, 5.74) is 3.99. The minimum absolute atomic E-state index is 0.126. The lowest BCUT2D eigenvalue weighted by molar-refractivity contribution is 0.106. The van der Waals surface area contributed by atoms with Crippen LogP contribution in [-0.2, 0) is 0 Å². The highest BCUT2D eigenvalue weighted by Gasteiger charge is 2.25. The van der Waals surface area contributed by atoms with Gasteiger partial charge in [-0.3, -0.25) is 0 Å². The van der Waals surface area contributed by atoms with Crippen LogP contribution in [0.15, 0.2) is 18.2 Å². The molecule has 0 radical (unpaired) electrons. The fraction of sp³-hybridized carbons (Fsp3) is 0.571. The van der Waals surface area contributed by atoms with E-state index in [1.54, 1.807) is 0 Å². The van der Waals surface area contributed by atoms with E-state index in [0.717, 1.165) is 12.8 Å². The molecule has 0 aromatic heterocycles. The van der Waals surface area contributed by atoms with E-state index in [9.17, 15) is 5.11 Å². The molecule has 1 aromatic carbocycles. The van der Waals surface area contributed by atoms with E-state index in [4.69, 9.17) is 0 Å². The molecule has 1 aliphatic carbocycles. The smallest absolute Gasteiger partial charge is 0.0608 e. The van der Waals surface area contributed by atoms with Gasteiger partial charge in [0.1, 0.15) is 0 Å². The standard InChI is InChI=1S/C14H20O/c1-10-7-8-11(2)13(9-10)12-5-3-4-6-14(12)15/h7-9,12,14-15H,3-6H2,1-2H3/t12-,14+/m1/s1. The van der Waals surface area contributed by atoms with Crippen LogP contribution >= 0.6 is 0 Å². The molecule has 0 amide bonds. The van der Waals surface area contributed by atoms with Gasteiger partial charge in [-0.05, 0) is 37.8 Å². The SMILES string of the molecule is Cc1ccc(C)c([C@H]2CCCC[C@@H]2O)c1. The van der Waals surface area contributed by atoms with Crippen LogP contribution in [0.3, 0.4) is 0 Å². The maximum Gasteiger partial charge on any atom is 0.0608 e. The first-order chi connectivity index (χ1) is 7.18. The van der Waals surface area contributed by atoms with Gasteiger partial charge < -0.3 is 5.11 Å². The van der Waals surface area contributed by atoms with Gasteiger partial charge in [0.05, 0.1) is 6.10 Å². The lowest BCUT2D eigenvalue weighted by atomic mass is 9.80. The molecule has 1 heteroatoms. The molecular formula is C14H20O. The van der Waals surface area contributed by atoms with E-state index in [1.807, 2.05) is 0 Å². The zero-order chi connectivity index (χ0) is 10.8. The van der Waals surface area contributed by atoms with Crippen LogP contribution < -0.4 is 0 Å². The summed E-state index contributed by atoms with van der Waals surface area (Å²) in [6.45, 7) is 4.27. The highest BCUT2D eigenvalue weighted by atomic mass is 16.3. The normalized spacial score (nSPS) is 26.6. The van der Waals surface area contributed by atoms with E-state index in [0.29, 0.717) is 5.92 Å². The Morgan fingerprint density at radius 1 is 1.13 bits per heavy atom. The van der Waals surface area contributed by atoms with Crippen molar-refractivity contribution in [3.05, 3.63) is 34.9 Å². The Morgan fingerprint density at radius 3 is 2.60 bits per heavy atom. The average molecular weight is 204 g/mol. The Balaban J connectivity index is 2.30. The molecule has 82 valence electrons. The highest BCUT2D eigenvalue weighted by Crippen LogP contribution is 2.34. The van der Waals surface area contributed by atoms with Crippen molar-refractivity contribution < 1.29 is 5.11 Å². The second kappa shape index (κ2) is 4.36. The second-order valence-electron chi connectivity index (χ2n) is 4.82. The van der Waals surface area contributed by atoms with Gasteiger partial charge in [-0.15, -0.1) is 0 Å². The van der Waals surface area contributed by atoms with Crippen molar-refractivity contribution in [2.24, 2.45) is 0 Å². The van der Waals surface area contributed by atoms with E-state index in [2.05, 4.69) is 32.0 Å². The van der Waals surface area contributed by atoms with Crippen LogP contribution in [0, 0.1) is 13.8 Å². The number of aliphatic hydroxyl groups is 1. The fourth-order valence-electron chi connectivity index (χ4n) is 2.63.